The van der Waals surface area contributed by atoms with E-state index in [1.54, 1.807) is 0 Å². The zero-order chi connectivity index (χ0) is 9.90. The first-order valence-corrected chi connectivity index (χ1v) is 5.63. The van der Waals surface area contributed by atoms with E-state index in [-0.39, 0.29) is 0 Å². The van der Waals surface area contributed by atoms with Gasteiger partial charge in [0.2, 0.25) is 0 Å². The molecule has 2 heteroatoms. The topological polar surface area (TPSA) is 29.3 Å². The zero-order valence-corrected chi connectivity index (χ0v) is 9.34. The van der Waals surface area contributed by atoms with Crippen LogP contribution in [0.5, 0.6) is 0 Å². The van der Waals surface area contributed by atoms with Crippen LogP contribution in [0.15, 0.2) is 0 Å². The molecule has 1 saturated heterocycles. The lowest BCUT2D eigenvalue weighted by molar-refractivity contribution is -0.00952. The molecule has 1 unspecified atom stereocenters. The summed E-state index contributed by atoms with van der Waals surface area (Å²) in [4.78, 5) is 2.50. The molecule has 1 rings (SSSR count). The van der Waals surface area contributed by atoms with Crippen LogP contribution in [0.3, 0.4) is 0 Å². The first-order valence-electron chi connectivity index (χ1n) is 5.63. The van der Waals surface area contributed by atoms with Crippen molar-refractivity contribution in [3.8, 4) is 0 Å². The highest BCUT2D eigenvalue weighted by Crippen LogP contribution is 2.36. The van der Waals surface area contributed by atoms with Gasteiger partial charge in [-0.05, 0) is 24.7 Å². The maximum absolute atomic E-state index is 5.91. The molecule has 0 saturated carbocycles. The van der Waals surface area contributed by atoms with E-state index in [1.807, 2.05) is 0 Å². The van der Waals surface area contributed by atoms with Crippen LogP contribution in [0.25, 0.3) is 0 Å². The molecule has 0 radical (unpaired) electrons. The fourth-order valence-electron chi connectivity index (χ4n) is 2.19. The minimum Gasteiger partial charge on any atom is -0.327 e. The predicted molar refractivity (Wildman–Crippen MR) is 57.7 cm³/mol. The summed E-state index contributed by atoms with van der Waals surface area (Å²) in [5.41, 5.74) is 6.55. The van der Waals surface area contributed by atoms with E-state index in [0.29, 0.717) is 11.5 Å². The molecule has 0 spiro atoms. The van der Waals surface area contributed by atoms with Crippen molar-refractivity contribution in [3.05, 3.63) is 0 Å². The minimum atomic E-state index is 0.381. The summed E-state index contributed by atoms with van der Waals surface area (Å²) in [6.45, 7) is 10.4. The Hall–Kier alpha value is -0.0800. The molecule has 0 aliphatic carbocycles. The molecule has 2 nitrogen and oxygen atoms in total. The molecule has 0 aromatic rings. The van der Waals surface area contributed by atoms with Crippen molar-refractivity contribution < 1.29 is 0 Å². The fourth-order valence-corrected chi connectivity index (χ4v) is 2.19. The molecular weight excluding hydrogens is 160 g/mol. The molecule has 0 amide bonds. The summed E-state index contributed by atoms with van der Waals surface area (Å²) in [7, 11) is 0. The third kappa shape index (κ3) is 2.44. The van der Waals surface area contributed by atoms with Gasteiger partial charge in [-0.15, -0.1) is 0 Å². The van der Waals surface area contributed by atoms with E-state index in [9.17, 15) is 0 Å². The number of hydrogen-bond acceptors (Lipinski definition) is 2. The van der Waals surface area contributed by atoms with Gasteiger partial charge in [0.15, 0.2) is 0 Å². The second-order valence-electron chi connectivity index (χ2n) is 4.55. The highest BCUT2D eigenvalue weighted by Gasteiger charge is 2.39. The Morgan fingerprint density at radius 2 is 1.77 bits per heavy atom. The first kappa shape index (κ1) is 11.0. The normalized spacial score (nSPS) is 24.0. The Bertz CT molecular complexity index is 144. The quantitative estimate of drug-likeness (QED) is 0.706. The molecule has 0 aromatic heterocycles. The number of hydrogen-bond donors (Lipinski definition) is 1. The second kappa shape index (κ2) is 4.43. The number of likely N-dealkylation sites (tertiary alicyclic amines) is 1. The van der Waals surface area contributed by atoms with Crippen LogP contribution < -0.4 is 5.73 Å². The van der Waals surface area contributed by atoms with Gasteiger partial charge in [-0.3, -0.25) is 0 Å². The maximum atomic E-state index is 5.91. The van der Waals surface area contributed by atoms with Crippen molar-refractivity contribution in [2.24, 2.45) is 11.1 Å². The Morgan fingerprint density at radius 3 is 2.15 bits per heavy atom. The summed E-state index contributed by atoms with van der Waals surface area (Å²) < 4.78 is 0. The molecule has 1 aliphatic rings. The van der Waals surface area contributed by atoms with Crippen molar-refractivity contribution in [1.82, 2.24) is 4.90 Å². The van der Waals surface area contributed by atoms with E-state index < -0.39 is 0 Å². The lowest BCUT2D eigenvalue weighted by atomic mass is 9.75. The van der Waals surface area contributed by atoms with Crippen molar-refractivity contribution >= 4 is 0 Å². The average Bonchev–Trinajstić information content (AvgIpc) is 2.10. The van der Waals surface area contributed by atoms with Gasteiger partial charge >= 0.3 is 0 Å². The molecule has 1 heterocycles. The first-order chi connectivity index (χ1) is 6.15. The van der Waals surface area contributed by atoms with Crippen LogP contribution in [0, 0.1) is 5.41 Å². The Labute approximate surface area is 82.5 Å². The SMILES string of the molecule is CCC(N)CN1CC(CC)(CC)C1. The maximum Gasteiger partial charge on any atom is 0.0165 e. The van der Waals surface area contributed by atoms with Gasteiger partial charge in [0.25, 0.3) is 0 Å². The Kier molecular flexibility index (Phi) is 3.74. The van der Waals surface area contributed by atoms with Crippen LogP contribution in [-0.2, 0) is 0 Å². The number of rotatable bonds is 5. The Morgan fingerprint density at radius 1 is 1.23 bits per heavy atom. The molecular formula is C11H24N2. The van der Waals surface area contributed by atoms with E-state index in [4.69, 9.17) is 5.73 Å². The van der Waals surface area contributed by atoms with Crippen LogP contribution in [0.4, 0.5) is 0 Å². The standard InChI is InChI=1S/C11H24N2/c1-4-10(12)7-13-8-11(5-2,6-3)9-13/h10H,4-9,12H2,1-3H3. The van der Waals surface area contributed by atoms with Gasteiger partial charge in [0.1, 0.15) is 0 Å². The molecule has 13 heavy (non-hydrogen) atoms. The fraction of sp³-hybridized carbons (Fsp3) is 1.00. The molecule has 78 valence electrons. The molecule has 1 fully saturated rings. The molecule has 2 N–H and O–H groups in total. The van der Waals surface area contributed by atoms with E-state index in [0.717, 1.165) is 13.0 Å². The lowest BCUT2D eigenvalue weighted by Crippen LogP contribution is -2.58. The summed E-state index contributed by atoms with van der Waals surface area (Å²) in [6, 6.07) is 0.381. The van der Waals surface area contributed by atoms with Crippen molar-refractivity contribution in [1.29, 1.82) is 0 Å². The van der Waals surface area contributed by atoms with Gasteiger partial charge in [-0.1, -0.05) is 20.8 Å². The summed E-state index contributed by atoms with van der Waals surface area (Å²) in [6.07, 6.45) is 3.74. The summed E-state index contributed by atoms with van der Waals surface area (Å²) in [5, 5.41) is 0. The average molecular weight is 184 g/mol. The highest BCUT2D eigenvalue weighted by molar-refractivity contribution is 4.93. The number of nitrogens with zero attached hydrogens (tertiary/aromatic N) is 1. The third-order valence-corrected chi connectivity index (χ3v) is 3.64. The zero-order valence-electron chi connectivity index (χ0n) is 9.34. The van der Waals surface area contributed by atoms with Crippen LogP contribution in [-0.4, -0.2) is 30.6 Å². The summed E-state index contributed by atoms with van der Waals surface area (Å²) in [5.74, 6) is 0. The highest BCUT2D eigenvalue weighted by atomic mass is 15.2. The Balaban J connectivity index is 2.24. The molecule has 0 aromatic carbocycles. The van der Waals surface area contributed by atoms with Crippen molar-refractivity contribution in [3.63, 3.8) is 0 Å². The molecule has 0 bridgehead atoms. The van der Waals surface area contributed by atoms with Crippen LogP contribution in [0.2, 0.25) is 0 Å². The molecule has 1 atom stereocenters. The van der Waals surface area contributed by atoms with Gasteiger partial charge in [0, 0.05) is 25.7 Å². The van der Waals surface area contributed by atoms with Gasteiger partial charge in [-0.25, -0.2) is 0 Å². The monoisotopic (exact) mass is 184 g/mol. The van der Waals surface area contributed by atoms with E-state index in [1.165, 1.54) is 25.9 Å². The largest absolute Gasteiger partial charge is 0.327 e. The smallest absolute Gasteiger partial charge is 0.0165 e. The van der Waals surface area contributed by atoms with Crippen LogP contribution >= 0.6 is 0 Å². The van der Waals surface area contributed by atoms with E-state index >= 15 is 0 Å². The van der Waals surface area contributed by atoms with Crippen molar-refractivity contribution in [2.45, 2.75) is 46.1 Å². The predicted octanol–water partition coefficient (Wildman–Crippen LogP) is 1.85. The minimum absolute atomic E-state index is 0.381. The van der Waals surface area contributed by atoms with Gasteiger partial charge in [0.05, 0.1) is 0 Å². The lowest BCUT2D eigenvalue weighted by Gasteiger charge is -2.50. The second-order valence-corrected chi connectivity index (χ2v) is 4.55. The van der Waals surface area contributed by atoms with Crippen molar-refractivity contribution in [2.75, 3.05) is 19.6 Å². The van der Waals surface area contributed by atoms with Gasteiger partial charge < -0.3 is 10.6 Å². The molecule has 1 aliphatic heterocycles. The van der Waals surface area contributed by atoms with E-state index in [2.05, 4.69) is 25.7 Å². The third-order valence-electron chi connectivity index (χ3n) is 3.64. The summed E-state index contributed by atoms with van der Waals surface area (Å²) >= 11 is 0. The van der Waals surface area contributed by atoms with Gasteiger partial charge in [-0.2, -0.15) is 0 Å². The number of nitrogens with two attached hydrogens (primary N) is 1. The van der Waals surface area contributed by atoms with Crippen LogP contribution in [0.1, 0.15) is 40.0 Å².